The Morgan fingerprint density at radius 2 is 1.71 bits per heavy atom. The maximum atomic E-state index is 12.8. The number of alkyl carbamates (subject to hydrolysis) is 1. The number of phenolic OH excluding ortho intramolecular Hbond substituents is 1. The molecule has 0 saturated heterocycles. The van der Waals surface area contributed by atoms with E-state index in [2.05, 4.69) is 21.3 Å². The molecule has 0 fully saturated rings. The van der Waals surface area contributed by atoms with Crippen molar-refractivity contribution in [2.75, 3.05) is 18.4 Å². The highest BCUT2D eigenvalue weighted by Crippen LogP contribution is 2.16. The zero-order chi connectivity index (χ0) is 25.5. The molecule has 0 aromatic heterocycles. The van der Waals surface area contributed by atoms with E-state index in [-0.39, 0.29) is 25.3 Å². The number of thiocarbonyl (C=S) groups is 1. The molecule has 2 rings (SSSR count). The van der Waals surface area contributed by atoms with Gasteiger partial charge in [0.15, 0.2) is 5.11 Å². The molecule has 0 bridgehead atoms. The van der Waals surface area contributed by atoms with Gasteiger partial charge in [-0.15, -0.1) is 0 Å². The average molecular weight is 503 g/mol. The van der Waals surface area contributed by atoms with Crippen LogP contribution in [0.3, 0.4) is 0 Å². The Morgan fingerprint density at radius 1 is 0.971 bits per heavy atom. The number of aromatic hydroxyl groups is 1. The van der Waals surface area contributed by atoms with Gasteiger partial charge in [0.05, 0.1) is 6.42 Å². The summed E-state index contributed by atoms with van der Waals surface area (Å²) in [6.45, 7) is 0.815. The highest BCUT2D eigenvalue weighted by molar-refractivity contribution is 7.80. The van der Waals surface area contributed by atoms with Crippen LogP contribution >= 0.6 is 12.2 Å². The Labute approximate surface area is 209 Å². The minimum Gasteiger partial charge on any atom is -0.508 e. The van der Waals surface area contributed by atoms with E-state index in [1.54, 1.807) is 12.1 Å². The Kier molecular flexibility index (Phi) is 11.8. The predicted octanol–water partition coefficient (Wildman–Crippen LogP) is 2.73. The van der Waals surface area contributed by atoms with Gasteiger partial charge in [-0.05, 0) is 49.2 Å². The van der Waals surface area contributed by atoms with Crippen LogP contribution in [0.25, 0.3) is 0 Å². The van der Waals surface area contributed by atoms with Crippen molar-refractivity contribution in [1.82, 2.24) is 16.0 Å². The lowest BCUT2D eigenvalue weighted by molar-refractivity contribution is -0.136. The van der Waals surface area contributed by atoms with E-state index < -0.39 is 24.0 Å². The van der Waals surface area contributed by atoms with Crippen LogP contribution < -0.4 is 21.3 Å². The standard InChI is InChI=1S/C24H30N4O6S/c29-19-10-6-9-18(15-19)27-22(32)20(28-24(33)34-16-17-7-2-1-3-8-17)11-4-5-13-25-23(35)26-14-12-21(30)31/h1-3,6-10,15,20,29H,4-5,11-14,16H2,(H,27,32)(H,28,33)(H,30,31)(H2,25,26,35)/t20-/m1/s1. The second-order valence-electron chi connectivity index (χ2n) is 7.62. The number of aliphatic carboxylic acids is 1. The molecule has 0 radical (unpaired) electrons. The molecule has 0 aliphatic heterocycles. The third-order valence-corrected chi connectivity index (χ3v) is 5.05. The molecule has 0 heterocycles. The quantitative estimate of drug-likeness (QED) is 0.180. The van der Waals surface area contributed by atoms with E-state index in [4.69, 9.17) is 22.1 Å². The van der Waals surface area contributed by atoms with Gasteiger partial charge in [0.2, 0.25) is 5.91 Å². The van der Waals surface area contributed by atoms with E-state index >= 15 is 0 Å². The van der Waals surface area contributed by atoms with Crippen molar-refractivity contribution in [1.29, 1.82) is 0 Å². The van der Waals surface area contributed by atoms with Crippen LogP contribution in [0.1, 0.15) is 31.2 Å². The van der Waals surface area contributed by atoms with Gasteiger partial charge in [0, 0.05) is 24.8 Å². The van der Waals surface area contributed by atoms with Crippen LogP contribution in [0, 0.1) is 0 Å². The third-order valence-electron chi connectivity index (χ3n) is 4.76. The molecule has 0 aliphatic rings. The van der Waals surface area contributed by atoms with Gasteiger partial charge in [-0.2, -0.15) is 0 Å². The molecule has 10 nitrogen and oxygen atoms in total. The maximum absolute atomic E-state index is 12.8. The topological polar surface area (TPSA) is 149 Å². The van der Waals surface area contributed by atoms with Crippen molar-refractivity contribution in [3.63, 3.8) is 0 Å². The lowest BCUT2D eigenvalue weighted by Crippen LogP contribution is -2.44. The van der Waals surface area contributed by atoms with E-state index in [0.29, 0.717) is 36.6 Å². The highest BCUT2D eigenvalue weighted by Gasteiger charge is 2.21. The number of rotatable bonds is 13. The van der Waals surface area contributed by atoms with Gasteiger partial charge in [-0.3, -0.25) is 9.59 Å². The van der Waals surface area contributed by atoms with E-state index in [1.807, 2.05) is 30.3 Å². The van der Waals surface area contributed by atoms with Gasteiger partial charge in [-0.1, -0.05) is 36.4 Å². The number of hydrogen-bond acceptors (Lipinski definition) is 6. The van der Waals surface area contributed by atoms with E-state index in [1.165, 1.54) is 12.1 Å². The molecule has 1 atom stereocenters. The summed E-state index contributed by atoms with van der Waals surface area (Å²) in [5.74, 6) is -1.34. The van der Waals surface area contributed by atoms with Crippen molar-refractivity contribution in [3.8, 4) is 5.75 Å². The zero-order valence-corrected chi connectivity index (χ0v) is 20.0. The van der Waals surface area contributed by atoms with Gasteiger partial charge < -0.3 is 36.2 Å². The number of carboxylic acids is 1. The van der Waals surface area contributed by atoms with Crippen molar-refractivity contribution >= 4 is 41.0 Å². The Morgan fingerprint density at radius 3 is 2.43 bits per heavy atom. The Hall–Kier alpha value is -3.86. The van der Waals surface area contributed by atoms with Crippen LogP contribution in [0.5, 0.6) is 5.75 Å². The van der Waals surface area contributed by atoms with Crippen LogP contribution in [0.2, 0.25) is 0 Å². The minimum atomic E-state index is -0.912. The molecule has 0 saturated carbocycles. The maximum Gasteiger partial charge on any atom is 0.408 e. The molecule has 0 spiro atoms. The average Bonchev–Trinajstić information content (AvgIpc) is 2.82. The second kappa shape index (κ2) is 15.1. The first kappa shape index (κ1) is 27.4. The molecule has 35 heavy (non-hydrogen) atoms. The molecule has 6 N–H and O–H groups in total. The first-order valence-corrected chi connectivity index (χ1v) is 11.5. The number of carbonyl (C=O) groups is 3. The van der Waals surface area contributed by atoms with Crippen LogP contribution in [-0.4, -0.2) is 52.4 Å². The number of unbranched alkanes of at least 4 members (excludes halogenated alkanes) is 1. The summed E-state index contributed by atoms with van der Waals surface area (Å²) in [6, 6.07) is 14.4. The summed E-state index contributed by atoms with van der Waals surface area (Å²) in [5.41, 5.74) is 1.22. The van der Waals surface area contributed by atoms with Crippen LogP contribution in [0.15, 0.2) is 54.6 Å². The first-order chi connectivity index (χ1) is 16.8. The van der Waals surface area contributed by atoms with E-state index in [9.17, 15) is 19.5 Å². The first-order valence-electron chi connectivity index (χ1n) is 11.1. The molecule has 11 heteroatoms. The molecular formula is C24H30N4O6S. The SMILES string of the molecule is O=C(O)CCNC(=S)NCCCC[C@@H](NC(=O)OCc1ccccc1)C(=O)Nc1cccc(O)c1. The molecule has 2 aromatic carbocycles. The molecule has 188 valence electrons. The lowest BCUT2D eigenvalue weighted by Gasteiger charge is -2.19. The van der Waals surface area contributed by atoms with Crippen molar-refractivity contribution in [2.24, 2.45) is 0 Å². The smallest absolute Gasteiger partial charge is 0.408 e. The number of carboxylic acid groups (broad SMARTS) is 1. The summed E-state index contributed by atoms with van der Waals surface area (Å²) >= 11 is 5.09. The fourth-order valence-electron chi connectivity index (χ4n) is 3.01. The molecule has 2 aromatic rings. The molecule has 0 aliphatic carbocycles. The van der Waals surface area contributed by atoms with Crippen molar-refractivity contribution in [3.05, 3.63) is 60.2 Å². The third kappa shape index (κ3) is 11.7. The predicted molar refractivity (Wildman–Crippen MR) is 135 cm³/mol. The summed E-state index contributed by atoms with van der Waals surface area (Å²) in [6.07, 6.45) is 0.821. The number of amides is 2. The Bertz CT molecular complexity index is 989. The number of ether oxygens (including phenoxy) is 1. The molecular weight excluding hydrogens is 472 g/mol. The summed E-state index contributed by atoms with van der Waals surface area (Å²) < 4.78 is 5.24. The number of nitrogens with one attached hydrogen (secondary N) is 4. The van der Waals surface area contributed by atoms with Crippen LogP contribution in [0.4, 0.5) is 10.5 Å². The number of benzene rings is 2. The summed E-state index contributed by atoms with van der Waals surface area (Å²) in [4.78, 5) is 35.7. The normalized spacial score (nSPS) is 11.1. The van der Waals surface area contributed by atoms with Gasteiger partial charge >= 0.3 is 12.1 Å². The summed E-state index contributed by atoms with van der Waals surface area (Å²) in [7, 11) is 0. The van der Waals surface area contributed by atoms with E-state index in [0.717, 1.165) is 5.56 Å². The monoisotopic (exact) mass is 502 g/mol. The minimum absolute atomic E-state index is 0.00795. The number of hydrogen-bond donors (Lipinski definition) is 6. The second-order valence-corrected chi connectivity index (χ2v) is 8.03. The van der Waals surface area contributed by atoms with Crippen molar-refractivity contribution < 1.29 is 29.3 Å². The van der Waals surface area contributed by atoms with Gasteiger partial charge in [-0.25, -0.2) is 4.79 Å². The van der Waals surface area contributed by atoms with Crippen LogP contribution in [-0.2, 0) is 20.9 Å². The molecule has 2 amide bonds. The van der Waals surface area contributed by atoms with Crippen molar-refractivity contribution in [2.45, 2.75) is 38.3 Å². The van der Waals surface area contributed by atoms with Gasteiger partial charge in [0.25, 0.3) is 0 Å². The van der Waals surface area contributed by atoms with Gasteiger partial charge in [0.1, 0.15) is 18.4 Å². The zero-order valence-electron chi connectivity index (χ0n) is 19.2. The number of phenols is 1. The molecule has 0 unspecified atom stereocenters. The summed E-state index contributed by atoms with van der Waals surface area (Å²) in [5, 5.41) is 29.7. The fourth-order valence-corrected chi connectivity index (χ4v) is 3.21. The number of carbonyl (C=O) groups excluding carboxylic acids is 2. The highest BCUT2D eigenvalue weighted by atomic mass is 32.1. The fraction of sp³-hybridized carbons (Fsp3) is 0.333. The Balaban J connectivity index is 1.84. The largest absolute Gasteiger partial charge is 0.508 e. The lowest BCUT2D eigenvalue weighted by atomic mass is 10.1. The number of anilines is 1.